The largest absolute Gasteiger partial charge is 0.333 e. The summed E-state index contributed by atoms with van der Waals surface area (Å²) in [5, 5.41) is 0. The quantitative estimate of drug-likeness (QED) is 0.723. The van der Waals surface area contributed by atoms with Gasteiger partial charge in [0.2, 0.25) is 5.91 Å². The minimum absolute atomic E-state index is 0.0625. The molecular weight excluding hydrogens is 276 g/mol. The van der Waals surface area contributed by atoms with Crippen LogP contribution in [0.1, 0.15) is 12.8 Å². The number of sulfone groups is 1. The maximum absolute atomic E-state index is 12.3. The molecule has 17 heavy (non-hydrogen) atoms. The molecule has 1 saturated heterocycles. The molecule has 0 unspecified atom stereocenters. The minimum atomic E-state index is -3.07. The van der Waals surface area contributed by atoms with Crippen molar-refractivity contribution in [2.45, 2.75) is 25.3 Å². The first-order valence-electron chi connectivity index (χ1n) is 5.19. The van der Waals surface area contributed by atoms with Crippen molar-refractivity contribution < 1.29 is 22.0 Å². The normalized spacial score (nSPS) is 20.5. The van der Waals surface area contributed by atoms with E-state index in [1.807, 2.05) is 0 Å². The Morgan fingerprint density at radius 3 is 2.29 bits per heavy atom. The summed E-state index contributed by atoms with van der Waals surface area (Å²) in [4.78, 5) is 12.4. The molecule has 1 fully saturated rings. The van der Waals surface area contributed by atoms with Crippen LogP contribution in [0.5, 0.6) is 0 Å². The van der Waals surface area contributed by atoms with Gasteiger partial charge >= 0.3 is 0 Å². The summed E-state index contributed by atoms with van der Waals surface area (Å²) in [6.07, 6.45) is -2.23. The molecule has 0 N–H and O–H groups in total. The molecule has 0 aromatic heterocycles. The third-order valence-electron chi connectivity index (χ3n) is 2.73. The summed E-state index contributed by atoms with van der Waals surface area (Å²) >= 11 is 5.35. The molecule has 0 atom stereocenters. The summed E-state index contributed by atoms with van der Waals surface area (Å²) in [7, 11) is -3.07. The second kappa shape index (κ2) is 5.95. The monoisotopic (exact) mass is 289 g/mol. The highest BCUT2D eigenvalue weighted by atomic mass is 35.5. The van der Waals surface area contributed by atoms with Gasteiger partial charge in [-0.25, -0.2) is 17.2 Å². The fraction of sp³-hybridized carbons (Fsp3) is 0.889. The molecule has 1 aliphatic heterocycles. The Kier molecular flexibility index (Phi) is 5.12. The molecule has 0 aromatic carbocycles. The standard InChI is InChI=1S/C9H14ClF2NO3S/c10-5-9(14)13(6-8(11)12)7-1-3-17(15,16)4-2-7/h7-8H,1-6H2. The van der Waals surface area contributed by atoms with Crippen molar-refractivity contribution in [3.63, 3.8) is 0 Å². The molecule has 1 heterocycles. The minimum Gasteiger partial charge on any atom is -0.333 e. The maximum Gasteiger partial charge on any atom is 0.255 e. The molecule has 0 radical (unpaired) electrons. The van der Waals surface area contributed by atoms with Crippen LogP contribution >= 0.6 is 11.6 Å². The number of carbonyl (C=O) groups excluding carboxylic acids is 1. The average Bonchev–Trinajstić information content (AvgIpc) is 2.25. The van der Waals surface area contributed by atoms with E-state index in [1.54, 1.807) is 0 Å². The van der Waals surface area contributed by atoms with Crippen LogP contribution in [-0.2, 0) is 14.6 Å². The molecule has 0 saturated carbocycles. The van der Waals surface area contributed by atoms with Gasteiger partial charge in [-0.05, 0) is 12.8 Å². The Balaban J connectivity index is 2.68. The van der Waals surface area contributed by atoms with Crippen molar-refractivity contribution in [2.24, 2.45) is 0 Å². The lowest BCUT2D eigenvalue weighted by Gasteiger charge is -2.33. The van der Waals surface area contributed by atoms with Gasteiger partial charge in [0.25, 0.3) is 6.43 Å². The molecule has 0 aliphatic carbocycles. The van der Waals surface area contributed by atoms with Crippen LogP contribution in [0, 0.1) is 0 Å². The van der Waals surface area contributed by atoms with Crippen molar-refractivity contribution in [3.05, 3.63) is 0 Å². The first-order chi connectivity index (χ1) is 7.85. The fourth-order valence-electron chi connectivity index (χ4n) is 1.87. The highest BCUT2D eigenvalue weighted by Crippen LogP contribution is 2.19. The summed E-state index contributed by atoms with van der Waals surface area (Å²) in [5.41, 5.74) is 0. The number of hydrogen-bond donors (Lipinski definition) is 0. The number of alkyl halides is 3. The zero-order chi connectivity index (χ0) is 13.1. The Morgan fingerprint density at radius 1 is 1.35 bits per heavy atom. The third-order valence-corrected chi connectivity index (χ3v) is 4.68. The molecule has 0 spiro atoms. The van der Waals surface area contributed by atoms with Crippen molar-refractivity contribution in [2.75, 3.05) is 23.9 Å². The Hall–Kier alpha value is -0.430. The van der Waals surface area contributed by atoms with Crippen LogP contribution in [0.25, 0.3) is 0 Å². The second-order valence-corrected chi connectivity index (χ2v) is 6.52. The van der Waals surface area contributed by atoms with Crippen LogP contribution in [-0.4, -0.2) is 55.6 Å². The lowest BCUT2D eigenvalue weighted by Crippen LogP contribution is -2.47. The highest BCUT2D eigenvalue weighted by molar-refractivity contribution is 7.91. The summed E-state index contributed by atoms with van der Waals surface area (Å²) in [6, 6.07) is -0.446. The van der Waals surface area contributed by atoms with Gasteiger partial charge in [-0.15, -0.1) is 11.6 Å². The molecule has 8 heteroatoms. The van der Waals surface area contributed by atoms with E-state index in [1.165, 1.54) is 0 Å². The first-order valence-corrected chi connectivity index (χ1v) is 7.55. The van der Waals surface area contributed by atoms with E-state index in [2.05, 4.69) is 0 Å². The lowest BCUT2D eigenvalue weighted by molar-refractivity contribution is -0.133. The van der Waals surface area contributed by atoms with E-state index in [4.69, 9.17) is 11.6 Å². The average molecular weight is 290 g/mol. The number of halogens is 3. The van der Waals surface area contributed by atoms with Crippen molar-refractivity contribution >= 4 is 27.3 Å². The smallest absolute Gasteiger partial charge is 0.255 e. The van der Waals surface area contributed by atoms with Gasteiger partial charge in [0, 0.05) is 6.04 Å². The van der Waals surface area contributed by atoms with Gasteiger partial charge in [0.15, 0.2) is 0 Å². The first kappa shape index (κ1) is 14.6. The molecule has 1 rings (SSSR count). The summed E-state index contributed by atoms with van der Waals surface area (Å²) < 4.78 is 47.1. The van der Waals surface area contributed by atoms with Crippen LogP contribution in [0.2, 0.25) is 0 Å². The molecule has 100 valence electrons. The number of nitrogens with zero attached hydrogens (tertiary/aromatic N) is 1. The highest BCUT2D eigenvalue weighted by Gasteiger charge is 2.31. The molecule has 0 aromatic rings. The Morgan fingerprint density at radius 2 is 1.88 bits per heavy atom. The Bertz CT molecular complexity index is 360. The summed E-state index contributed by atoms with van der Waals surface area (Å²) in [6.45, 7) is -0.684. The SMILES string of the molecule is O=C(CCl)N(CC(F)F)C1CCS(=O)(=O)CC1. The van der Waals surface area contributed by atoms with Gasteiger partial charge in [-0.1, -0.05) is 0 Å². The van der Waals surface area contributed by atoms with Gasteiger partial charge in [0.1, 0.15) is 15.7 Å². The predicted octanol–water partition coefficient (Wildman–Crippen LogP) is 0.896. The van der Waals surface area contributed by atoms with Crippen LogP contribution in [0.3, 0.4) is 0 Å². The fourth-order valence-corrected chi connectivity index (χ4v) is 3.49. The van der Waals surface area contributed by atoms with Gasteiger partial charge < -0.3 is 4.90 Å². The molecule has 4 nitrogen and oxygen atoms in total. The van der Waals surface area contributed by atoms with E-state index >= 15 is 0 Å². The van der Waals surface area contributed by atoms with Crippen molar-refractivity contribution in [3.8, 4) is 0 Å². The van der Waals surface area contributed by atoms with Gasteiger partial charge in [-0.3, -0.25) is 4.79 Å². The van der Waals surface area contributed by atoms with Crippen LogP contribution in [0.15, 0.2) is 0 Å². The summed E-state index contributed by atoms with van der Waals surface area (Å²) in [5.74, 6) is -1.06. The molecule has 1 amide bonds. The topological polar surface area (TPSA) is 54.5 Å². The van der Waals surface area contributed by atoms with Gasteiger partial charge in [0.05, 0.1) is 18.1 Å². The van der Waals surface area contributed by atoms with Crippen LogP contribution in [0.4, 0.5) is 8.78 Å². The van der Waals surface area contributed by atoms with Gasteiger partial charge in [-0.2, -0.15) is 0 Å². The molecule has 1 aliphatic rings. The van der Waals surface area contributed by atoms with E-state index < -0.39 is 34.8 Å². The number of rotatable bonds is 4. The van der Waals surface area contributed by atoms with Crippen molar-refractivity contribution in [1.29, 1.82) is 0 Å². The zero-order valence-electron chi connectivity index (χ0n) is 9.11. The van der Waals surface area contributed by atoms with E-state index in [0.717, 1.165) is 4.90 Å². The van der Waals surface area contributed by atoms with Crippen molar-refractivity contribution in [1.82, 2.24) is 4.90 Å². The lowest BCUT2D eigenvalue weighted by atomic mass is 10.1. The maximum atomic E-state index is 12.3. The van der Waals surface area contributed by atoms with E-state index in [-0.39, 0.29) is 30.2 Å². The molecule has 0 bridgehead atoms. The second-order valence-electron chi connectivity index (χ2n) is 3.95. The van der Waals surface area contributed by atoms with Crippen LogP contribution < -0.4 is 0 Å². The number of amides is 1. The number of carbonyl (C=O) groups is 1. The van der Waals surface area contributed by atoms with E-state index in [9.17, 15) is 22.0 Å². The molecular formula is C9H14ClF2NO3S. The number of hydrogen-bond acceptors (Lipinski definition) is 3. The Labute approximate surface area is 104 Å². The third kappa shape index (κ3) is 4.39. The zero-order valence-corrected chi connectivity index (χ0v) is 10.7. The van der Waals surface area contributed by atoms with E-state index in [0.29, 0.717) is 0 Å². The predicted molar refractivity (Wildman–Crippen MR) is 60.1 cm³/mol.